The third-order valence-electron chi connectivity index (χ3n) is 2.74. The number of anilines is 2. The molecule has 2 aromatic rings. The molecule has 0 fully saturated rings. The lowest BCUT2D eigenvalue weighted by Crippen LogP contribution is -2.09. The highest BCUT2D eigenvalue weighted by atomic mass is 15.0. The molecule has 3 N–H and O–H groups in total. The molecule has 0 amide bonds. The van der Waals surface area contributed by atoms with Crippen molar-refractivity contribution in [1.29, 1.82) is 0 Å². The molecule has 3 heteroatoms. The van der Waals surface area contributed by atoms with Crippen molar-refractivity contribution in [1.82, 2.24) is 4.98 Å². The van der Waals surface area contributed by atoms with Crippen LogP contribution in [0.2, 0.25) is 0 Å². The number of hydrogen-bond acceptors (Lipinski definition) is 3. The maximum atomic E-state index is 5.94. The molecule has 17 heavy (non-hydrogen) atoms. The van der Waals surface area contributed by atoms with Gasteiger partial charge in [0, 0.05) is 11.9 Å². The van der Waals surface area contributed by atoms with Gasteiger partial charge in [0.2, 0.25) is 0 Å². The van der Waals surface area contributed by atoms with Crippen LogP contribution in [0.15, 0.2) is 42.6 Å². The predicted octanol–water partition coefficient (Wildman–Crippen LogP) is 3.15. The van der Waals surface area contributed by atoms with Gasteiger partial charge in [0.1, 0.15) is 5.82 Å². The number of nitrogens with one attached hydrogen (secondary N) is 1. The lowest BCUT2D eigenvalue weighted by molar-refractivity contribution is 0.877. The number of rotatable bonds is 3. The first-order valence-electron chi connectivity index (χ1n) is 5.70. The zero-order valence-electron chi connectivity index (χ0n) is 10.1. The van der Waals surface area contributed by atoms with Gasteiger partial charge in [-0.25, -0.2) is 4.98 Å². The largest absolute Gasteiger partial charge is 0.398 e. The molecule has 1 aromatic heterocycles. The molecule has 0 aliphatic carbocycles. The van der Waals surface area contributed by atoms with Gasteiger partial charge in [0.25, 0.3) is 0 Å². The highest BCUT2D eigenvalue weighted by Crippen LogP contribution is 2.22. The molecule has 1 aromatic carbocycles. The van der Waals surface area contributed by atoms with Gasteiger partial charge in [0.05, 0.1) is 6.04 Å². The smallest absolute Gasteiger partial charge is 0.126 e. The van der Waals surface area contributed by atoms with Crippen molar-refractivity contribution in [3.8, 4) is 0 Å². The zero-order valence-corrected chi connectivity index (χ0v) is 10.1. The van der Waals surface area contributed by atoms with Crippen molar-refractivity contribution in [2.75, 3.05) is 11.1 Å². The van der Waals surface area contributed by atoms with E-state index in [4.69, 9.17) is 5.73 Å². The number of nitrogens with zero attached hydrogens (tertiary/aromatic N) is 1. The second kappa shape index (κ2) is 4.87. The van der Waals surface area contributed by atoms with E-state index in [1.807, 2.05) is 49.5 Å². The van der Waals surface area contributed by atoms with Crippen molar-refractivity contribution >= 4 is 11.5 Å². The molecule has 0 saturated heterocycles. The molecule has 0 aliphatic rings. The predicted molar refractivity (Wildman–Crippen MR) is 71.9 cm³/mol. The Kier molecular flexibility index (Phi) is 3.28. The molecule has 2 rings (SSSR count). The molecule has 0 saturated carbocycles. The third kappa shape index (κ3) is 2.75. The fourth-order valence-corrected chi connectivity index (χ4v) is 1.76. The summed E-state index contributed by atoms with van der Waals surface area (Å²) in [7, 11) is 0. The number of aromatic nitrogens is 1. The molecule has 1 atom stereocenters. The molecule has 1 heterocycles. The average molecular weight is 227 g/mol. The fraction of sp³-hybridized carbons (Fsp3) is 0.214. The summed E-state index contributed by atoms with van der Waals surface area (Å²) in [5.41, 5.74) is 8.99. The molecule has 0 bridgehead atoms. The summed E-state index contributed by atoms with van der Waals surface area (Å²) in [6.45, 7) is 4.10. The Morgan fingerprint density at radius 1 is 1.18 bits per heavy atom. The van der Waals surface area contributed by atoms with Crippen molar-refractivity contribution < 1.29 is 0 Å². The zero-order chi connectivity index (χ0) is 12.3. The van der Waals surface area contributed by atoms with Gasteiger partial charge in [-0.2, -0.15) is 0 Å². The monoisotopic (exact) mass is 227 g/mol. The van der Waals surface area contributed by atoms with Crippen LogP contribution < -0.4 is 11.1 Å². The minimum Gasteiger partial charge on any atom is -0.398 e. The van der Waals surface area contributed by atoms with Gasteiger partial charge in [-0.05, 0) is 37.1 Å². The third-order valence-corrected chi connectivity index (χ3v) is 2.74. The Morgan fingerprint density at radius 2 is 1.94 bits per heavy atom. The summed E-state index contributed by atoms with van der Waals surface area (Å²) in [5, 5.41) is 3.34. The molecule has 0 radical (unpaired) electrons. The molecule has 1 unspecified atom stereocenters. The van der Waals surface area contributed by atoms with Crippen molar-refractivity contribution in [2.24, 2.45) is 0 Å². The summed E-state index contributed by atoms with van der Waals surface area (Å²) in [6.07, 6.45) is 1.85. The number of para-hydroxylation sites is 1. The number of nitrogen functional groups attached to an aromatic ring is 1. The molecule has 88 valence electrons. The van der Waals surface area contributed by atoms with Crippen molar-refractivity contribution in [2.45, 2.75) is 19.9 Å². The Morgan fingerprint density at radius 3 is 2.59 bits per heavy atom. The first-order valence-corrected chi connectivity index (χ1v) is 5.70. The van der Waals surface area contributed by atoms with Crippen LogP contribution in [-0.2, 0) is 0 Å². The Labute approximate surface area is 102 Å². The van der Waals surface area contributed by atoms with Crippen LogP contribution in [-0.4, -0.2) is 4.98 Å². The average Bonchev–Trinajstić information content (AvgIpc) is 2.32. The summed E-state index contributed by atoms with van der Waals surface area (Å²) in [6, 6.07) is 12.0. The van der Waals surface area contributed by atoms with Gasteiger partial charge >= 0.3 is 0 Å². The van der Waals surface area contributed by atoms with Crippen LogP contribution in [0.4, 0.5) is 11.5 Å². The van der Waals surface area contributed by atoms with E-state index in [9.17, 15) is 0 Å². The summed E-state index contributed by atoms with van der Waals surface area (Å²) in [5.74, 6) is 0.867. The van der Waals surface area contributed by atoms with E-state index < -0.39 is 0 Å². The quantitative estimate of drug-likeness (QED) is 0.792. The maximum absolute atomic E-state index is 5.94. The first kappa shape index (κ1) is 11.5. The van der Waals surface area contributed by atoms with Gasteiger partial charge in [0.15, 0.2) is 0 Å². The van der Waals surface area contributed by atoms with Gasteiger partial charge in [-0.1, -0.05) is 24.3 Å². The summed E-state index contributed by atoms with van der Waals surface area (Å²) < 4.78 is 0. The maximum Gasteiger partial charge on any atom is 0.126 e. The van der Waals surface area contributed by atoms with Crippen LogP contribution in [0.1, 0.15) is 24.1 Å². The van der Waals surface area contributed by atoms with Gasteiger partial charge in [-0.3, -0.25) is 0 Å². The minimum absolute atomic E-state index is 0.145. The van der Waals surface area contributed by atoms with E-state index >= 15 is 0 Å². The van der Waals surface area contributed by atoms with Crippen LogP contribution in [0.3, 0.4) is 0 Å². The normalized spacial score (nSPS) is 12.1. The first-order chi connectivity index (χ1) is 8.16. The van der Waals surface area contributed by atoms with Gasteiger partial charge in [-0.15, -0.1) is 0 Å². The lowest BCUT2D eigenvalue weighted by atomic mass is 10.1. The van der Waals surface area contributed by atoms with Crippen LogP contribution in [0.5, 0.6) is 0 Å². The number of nitrogens with two attached hydrogens (primary N) is 1. The molecular formula is C14H17N3. The number of benzene rings is 1. The Bertz CT molecular complexity index is 491. The number of pyridine rings is 1. The molecule has 3 nitrogen and oxygen atoms in total. The van der Waals surface area contributed by atoms with Crippen molar-refractivity contribution in [3.05, 3.63) is 53.7 Å². The van der Waals surface area contributed by atoms with E-state index in [0.29, 0.717) is 0 Å². The molecule has 0 aliphatic heterocycles. The highest BCUT2D eigenvalue weighted by Gasteiger charge is 2.08. The van der Waals surface area contributed by atoms with E-state index in [1.165, 1.54) is 0 Å². The highest BCUT2D eigenvalue weighted by molar-refractivity contribution is 5.51. The number of hydrogen-bond donors (Lipinski definition) is 2. The van der Waals surface area contributed by atoms with E-state index in [0.717, 1.165) is 22.6 Å². The van der Waals surface area contributed by atoms with Crippen LogP contribution in [0, 0.1) is 6.92 Å². The molecule has 0 spiro atoms. The van der Waals surface area contributed by atoms with E-state index in [-0.39, 0.29) is 6.04 Å². The minimum atomic E-state index is 0.145. The Hall–Kier alpha value is -2.03. The number of aryl methyl sites for hydroxylation is 1. The van der Waals surface area contributed by atoms with E-state index in [1.54, 1.807) is 0 Å². The fourth-order valence-electron chi connectivity index (χ4n) is 1.76. The van der Waals surface area contributed by atoms with Crippen LogP contribution >= 0.6 is 0 Å². The van der Waals surface area contributed by atoms with Crippen LogP contribution in [0.25, 0.3) is 0 Å². The standard InChI is InChI=1S/C14H17N3/c1-10-7-8-14(16-9-10)17-11(2)12-5-3-4-6-13(12)15/h3-9,11H,15H2,1-2H3,(H,16,17). The second-order valence-electron chi connectivity index (χ2n) is 4.22. The van der Waals surface area contributed by atoms with Crippen molar-refractivity contribution in [3.63, 3.8) is 0 Å². The SMILES string of the molecule is Cc1ccc(NC(C)c2ccccc2N)nc1. The Balaban J connectivity index is 2.14. The summed E-state index contributed by atoms with van der Waals surface area (Å²) in [4.78, 5) is 4.32. The summed E-state index contributed by atoms with van der Waals surface area (Å²) >= 11 is 0. The topological polar surface area (TPSA) is 50.9 Å². The second-order valence-corrected chi connectivity index (χ2v) is 4.22. The van der Waals surface area contributed by atoms with Gasteiger partial charge < -0.3 is 11.1 Å². The molecular weight excluding hydrogens is 210 g/mol. The lowest BCUT2D eigenvalue weighted by Gasteiger charge is -2.16. The van der Waals surface area contributed by atoms with E-state index in [2.05, 4.69) is 17.2 Å².